The van der Waals surface area contributed by atoms with Crippen LogP contribution in [0.25, 0.3) is 16.6 Å². The normalized spacial score (nSPS) is 12.2. The van der Waals surface area contributed by atoms with E-state index in [0.29, 0.717) is 23.2 Å². The molecule has 0 saturated carbocycles. The predicted molar refractivity (Wildman–Crippen MR) is 112 cm³/mol. The van der Waals surface area contributed by atoms with Gasteiger partial charge in [0, 0.05) is 0 Å². The number of pyridine rings is 1. The van der Waals surface area contributed by atoms with E-state index in [1.54, 1.807) is 0 Å². The van der Waals surface area contributed by atoms with Crippen LogP contribution in [0.5, 0.6) is 5.75 Å². The highest BCUT2D eigenvalue weighted by molar-refractivity contribution is 8.00. The molecule has 1 unspecified atom stereocenters. The van der Waals surface area contributed by atoms with E-state index in [2.05, 4.69) is 15.5 Å². The van der Waals surface area contributed by atoms with Crippen LogP contribution in [0, 0.1) is 0 Å². The van der Waals surface area contributed by atoms with Crippen LogP contribution in [0.3, 0.4) is 0 Å². The van der Waals surface area contributed by atoms with Crippen molar-refractivity contribution in [1.82, 2.24) is 14.6 Å². The smallest absolute Gasteiger partial charge is 0.237 e. The summed E-state index contributed by atoms with van der Waals surface area (Å²) in [6.45, 7) is 4.31. The summed E-state index contributed by atoms with van der Waals surface area (Å²) in [6, 6.07) is 19.4. The Morgan fingerprint density at radius 1 is 1.11 bits per heavy atom. The molecule has 0 aliphatic heterocycles. The van der Waals surface area contributed by atoms with Crippen molar-refractivity contribution >= 4 is 39.9 Å². The number of ether oxygens (including phenoxy) is 1. The molecule has 2 heterocycles. The Morgan fingerprint density at radius 3 is 2.75 bits per heavy atom. The summed E-state index contributed by atoms with van der Waals surface area (Å²) in [7, 11) is 0. The average molecular weight is 392 g/mol. The number of anilines is 1. The molecule has 6 nitrogen and oxygen atoms in total. The first-order chi connectivity index (χ1) is 13.7. The average Bonchev–Trinajstić information content (AvgIpc) is 3.13. The lowest BCUT2D eigenvalue weighted by molar-refractivity contribution is -0.115. The van der Waals surface area contributed by atoms with Gasteiger partial charge in [-0.2, -0.15) is 0 Å². The Balaban J connectivity index is 1.58. The molecular weight excluding hydrogens is 372 g/mol. The van der Waals surface area contributed by atoms with Gasteiger partial charge in [-0.3, -0.25) is 9.20 Å². The Kier molecular flexibility index (Phi) is 5.16. The zero-order chi connectivity index (χ0) is 19.5. The van der Waals surface area contributed by atoms with Crippen molar-refractivity contribution in [3.8, 4) is 5.75 Å². The first kappa shape index (κ1) is 18.3. The fraction of sp³-hybridized carbons (Fsp3) is 0.190. The SMILES string of the molecule is CCOc1ccccc1NC(=O)C(C)Sc1nnc2ccc3ccccc3n12. The zero-order valence-corrected chi connectivity index (χ0v) is 16.4. The molecule has 1 amide bonds. The highest BCUT2D eigenvalue weighted by Crippen LogP contribution is 2.28. The number of fused-ring (bicyclic) bond motifs is 3. The molecule has 142 valence electrons. The Bertz CT molecular complexity index is 1140. The Hall–Kier alpha value is -3.06. The molecule has 7 heteroatoms. The number of hydrogen-bond donors (Lipinski definition) is 1. The van der Waals surface area contributed by atoms with Crippen LogP contribution >= 0.6 is 11.8 Å². The van der Waals surface area contributed by atoms with Gasteiger partial charge in [-0.05, 0) is 49.6 Å². The topological polar surface area (TPSA) is 68.5 Å². The third-order valence-corrected chi connectivity index (χ3v) is 5.39. The van der Waals surface area contributed by atoms with Crippen molar-refractivity contribution in [2.45, 2.75) is 24.3 Å². The van der Waals surface area contributed by atoms with Crippen LogP contribution in [-0.2, 0) is 4.79 Å². The lowest BCUT2D eigenvalue weighted by Gasteiger charge is -2.14. The second-order valence-electron chi connectivity index (χ2n) is 6.25. The maximum atomic E-state index is 12.7. The van der Waals surface area contributed by atoms with Gasteiger partial charge in [0.25, 0.3) is 0 Å². The molecule has 2 aromatic heterocycles. The monoisotopic (exact) mass is 392 g/mol. The lowest BCUT2D eigenvalue weighted by atomic mass is 10.2. The van der Waals surface area contributed by atoms with Crippen LogP contribution in [0.2, 0.25) is 0 Å². The summed E-state index contributed by atoms with van der Waals surface area (Å²) >= 11 is 1.38. The quantitative estimate of drug-likeness (QED) is 0.493. The van der Waals surface area contributed by atoms with Crippen LogP contribution in [0.15, 0.2) is 65.8 Å². The fourth-order valence-electron chi connectivity index (χ4n) is 2.99. The lowest BCUT2D eigenvalue weighted by Crippen LogP contribution is -2.23. The van der Waals surface area contributed by atoms with Crippen molar-refractivity contribution in [2.75, 3.05) is 11.9 Å². The number of nitrogens with zero attached hydrogens (tertiary/aromatic N) is 3. The van der Waals surface area contributed by atoms with Crippen molar-refractivity contribution in [3.63, 3.8) is 0 Å². The van der Waals surface area contributed by atoms with E-state index in [0.717, 1.165) is 16.6 Å². The van der Waals surface area contributed by atoms with E-state index in [-0.39, 0.29) is 11.2 Å². The summed E-state index contributed by atoms with van der Waals surface area (Å²) in [5.74, 6) is 0.545. The molecule has 0 saturated heterocycles. The van der Waals surface area contributed by atoms with Gasteiger partial charge in [0.15, 0.2) is 10.8 Å². The van der Waals surface area contributed by atoms with Gasteiger partial charge in [-0.1, -0.05) is 42.1 Å². The summed E-state index contributed by atoms with van der Waals surface area (Å²) < 4.78 is 7.57. The van der Waals surface area contributed by atoms with Crippen molar-refractivity contribution in [2.24, 2.45) is 0 Å². The maximum absolute atomic E-state index is 12.7. The van der Waals surface area contributed by atoms with Gasteiger partial charge >= 0.3 is 0 Å². The van der Waals surface area contributed by atoms with Gasteiger partial charge in [0.1, 0.15) is 5.75 Å². The molecule has 28 heavy (non-hydrogen) atoms. The summed E-state index contributed by atoms with van der Waals surface area (Å²) in [4.78, 5) is 12.7. The molecule has 2 aromatic carbocycles. The van der Waals surface area contributed by atoms with E-state index in [1.807, 2.05) is 78.9 Å². The number of carbonyl (C=O) groups is 1. The molecular formula is C21H20N4O2S. The van der Waals surface area contributed by atoms with Crippen LogP contribution in [-0.4, -0.2) is 32.4 Å². The number of thioether (sulfide) groups is 1. The molecule has 0 bridgehead atoms. The van der Waals surface area contributed by atoms with Crippen molar-refractivity contribution in [1.29, 1.82) is 0 Å². The zero-order valence-electron chi connectivity index (χ0n) is 15.6. The molecule has 1 N–H and O–H groups in total. The van der Waals surface area contributed by atoms with Gasteiger partial charge < -0.3 is 10.1 Å². The van der Waals surface area contributed by atoms with Gasteiger partial charge in [-0.25, -0.2) is 0 Å². The number of rotatable bonds is 6. The summed E-state index contributed by atoms with van der Waals surface area (Å²) in [5.41, 5.74) is 2.44. The minimum atomic E-state index is -0.360. The Labute approximate surface area is 166 Å². The molecule has 4 rings (SSSR count). The molecule has 4 aromatic rings. The van der Waals surface area contributed by atoms with E-state index >= 15 is 0 Å². The van der Waals surface area contributed by atoms with Crippen LogP contribution in [0.4, 0.5) is 5.69 Å². The minimum absolute atomic E-state index is 0.117. The number of para-hydroxylation sites is 3. The van der Waals surface area contributed by atoms with Gasteiger partial charge in [-0.15, -0.1) is 10.2 Å². The third kappa shape index (κ3) is 3.53. The fourth-order valence-corrected chi connectivity index (χ4v) is 3.85. The predicted octanol–water partition coefficient (Wildman–Crippen LogP) is 4.40. The molecule has 1 atom stereocenters. The minimum Gasteiger partial charge on any atom is -0.492 e. The number of carbonyl (C=O) groups excluding carboxylic acids is 1. The number of aromatic nitrogens is 3. The standard InChI is InChI=1S/C21H20N4O2S/c1-3-27-18-11-7-5-9-16(18)22-20(26)14(2)28-21-24-23-19-13-12-15-8-4-6-10-17(15)25(19)21/h4-14H,3H2,1-2H3,(H,22,26). The first-order valence-electron chi connectivity index (χ1n) is 9.09. The van der Waals surface area contributed by atoms with Crippen molar-refractivity contribution < 1.29 is 9.53 Å². The number of amides is 1. The molecule has 0 fully saturated rings. The number of nitrogens with one attached hydrogen (secondary N) is 1. The number of benzene rings is 2. The second kappa shape index (κ2) is 7.90. The van der Waals surface area contributed by atoms with Crippen LogP contribution in [0.1, 0.15) is 13.8 Å². The Morgan fingerprint density at radius 2 is 1.89 bits per heavy atom. The second-order valence-corrected chi connectivity index (χ2v) is 7.55. The van der Waals surface area contributed by atoms with Gasteiger partial charge in [0.05, 0.1) is 23.1 Å². The third-order valence-electron chi connectivity index (χ3n) is 4.34. The highest BCUT2D eigenvalue weighted by Gasteiger charge is 2.20. The largest absolute Gasteiger partial charge is 0.492 e. The first-order valence-corrected chi connectivity index (χ1v) is 9.97. The van der Waals surface area contributed by atoms with Gasteiger partial charge in [0.2, 0.25) is 5.91 Å². The highest BCUT2D eigenvalue weighted by atomic mass is 32.2. The van der Waals surface area contributed by atoms with Crippen molar-refractivity contribution in [3.05, 3.63) is 60.7 Å². The number of hydrogen-bond acceptors (Lipinski definition) is 5. The molecule has 0 aliphatic rings. The molecule has 0 spiro atoms. The van der Waals surface area contributed by atoms with E-state index < -0.39 is 0 Å². The molecule has 0 aliphatic carbocycles. The van der Waals surface area contributed by atoms with E-state index in [4.69, 9.17) is 4.74 Å². The van der Waals surface area contributed by atoms with Crippen LogP contribution < -0.4 is 10.1 Å². The summed E-state index contributed by atoms with van der Waals surface area (Å²) in [6.07, 6.45) is 0. The van der Waals surface area contributed by atoms with E-state index in [9.17, 15) is 4.79 Å². The summed E-state index contributed by atoms with van der Waals surface area (Å²) in [5, 5.41) is 12.9. The van der Waals surface area contributed by atoms with E-state index in [1.165, 1.54) is 11.8 Å². The molecule has 0 radical (unpaired) electrons. The maximum Gasteiger partial charge on any atom is 0.237 e.